The molecule has 0 aliphatic heterocycles. The highest BCUT2D eigenvalue weighted by atomic mass is 79.9. The molecule has 0 spiro atoms. The van der Waals surface area contributed by atoms with Gasteiger partial charge in [0.25, 0.3) is 0 Å². The van der Waals surface area contributed by atoms with Crippen LogP contribution in [0.1, 0.15) is 23.1 Å². The molecule has 0 aliphatic carbocycles. The lowest BCUT2D eigenvalue weighted by atomic mass is 10.2. The number of hydrogen-bond acceptors (Lipinski definition) is 8. The van der Waals surface area contributed by atoms with Crippen LogP contribution in [0.5, 0.6) is 11.5 Å². The van der Waals surface area contributed by atoms with Crippen LogP contribution >= 0.6 is 27.3 Å². The van der Waals surface area contributed by atoms with Crippen molar-refractivity contribution in [1.82, 2.24) is 15.6 Å². The van der Waals surface area contributed by atoms with E-state index in [1.165, 1.54) is 18.3 Å². The molecule has 11 heteroatoms. The maximum atomic E-state index is 13.1. The third-order valence-corrected chi connectivity index (χ3v) is 5.17. The number of nitrogens with two attached hydrogens (primary N) is 1. The van der Waals surface area contributed by atoms with E-state index in [9.17, 15) is 9.18 Å². The van der Waals surface area contributed by atoms with Crippen molar-refractivity contribution >= 4 is 44.5 Å². The molecule has 3 aromatic rings. The molecule has 1 heterocycles. The second kappa shape index (κ2) is 10.8. The summed E-state index contributed by atoms with van der Waals surface area (Å²) in [7, 11) is 0. The van der Waals surface area contributed by atoms with Crippen LogP contribution in [0.2, 0.25) is 0 Å². The Labute approximate surface area is 190 Å². The monoisotopic (exact) mass is 507 g/mol. The van der Waals surface area contributed by atoms with Crippen LogP contribution in [0.25, 0.3) is 0 Å². The van der Waals surface area contributed by atoms with E-state index in [4.69, 9.17) is 15.2 Å². The number of halogens is 2. The van der Waals surface area contributed by atoms with E-state index < -0.39 is 0 Å². The minimum absolute atomic E-state index is 0.0380. The van der Waals surface area contributed by atoms with Crippen LogP contribution in [0, 0.1) is 5.82 Å². The average Bonchev–Trinajstić information content (AvgIpc) is 3.13. The summed E-state index contributed by atoms with van der Waals surface area (Å²) in [4.78, 5) is 11.9. The maximum absolute atomic E-state index is 13.1. The van der Waals surface area contributed by atoms with Crippen molar-refractivity contribution in [2.45, 2.75) is 20.0 Å². The SMILES string of the molecule is CCOc1cc(/C=N/NC(=O)Cc2nnc(N)s2)cc(Br)c1OCc1ccc(F)cc1. The second-order valence-corrected chi connectivity index (χ2v) is 8.13. The fraction of sp³-hybridized carbons (Fsp3) is 0.200. The van der Waals surface area contributed by atoms with Gasteiger partial charge in [-0.15, -0.1) is 10.2 Å². The Kier molecular flexibility index (Phi) is 7.90. The van der Waals surface area contributed by atoms with Crippen molar-refractivity contribution in [2.75, 3.05) is 12.3 Å². The normalized spacial score (nSPS) is 10.9. The molecular formula is C20H19BrFN5O3S. The molecule has 0 saturated heterocycles. The van der Waals surface area contributed by atoms with E-state index in [0.717, 1.165) is 16.9 Å². The summed E-state index contributed by atoms with van der Waals surface area (Å²) in [6.45, 7) is 2.54. The summed E-state index contributed by atoms with van der Waals surface area (Å²) >= 11 is 4.63. The Morgan fingerprint density at radius 1 is 1.29 bits per heavy atom. The number of carbonyl (C=O) groups excluding carboxylic acids is 1. The predicted molar refractivity (Wildman–Crippen MR) is 120 cm³/mol. The summed E-state index contributed by atoms with van der Waals surface area (Å²) in [6.07, 6.45) is 1.53. The molecule has 8 nitrogen and oxygen atoms in total. The van der Waals surface area contributed by atoms with Gasteiger partial charge in [-0.05, 0) is 58.2 Å². The topological polar surface area (TPSA) is 112 Å². The number of nitrogens with one attached hydrogen (secondary N) is 1. The number of aromatic nitrogens is 2. The first kappa shape index (κ1) is 22.6. The first-order valence-corrected chi connectivity index (χ1v) is 10.8. The van der Waals surface area contributed by atoms with Crippen molar-refractivity contribution in [2.24, 2.45) is 5.10 Å². The van der Waals surface area contributed by atoms with E-state index in [2.05, 4.69) is 36.7 Å². The molecule has 1 amide bonds. The number of ether oxygens (including phenoxy) is 2. The zero-order chi connectivity index (χ0) is 22.2. The molecule has 1 aromatic heterocycles. The minimum Gasteiger partial charge on any atom is -0.490 e. The summed E-state index contributed by atoms with van der Waals surface area (Å²) in [6, 6.07) is 9.60. The highest BCUT2D eigenvalue weighted by Crippen LogP contribution is 2.37. The van der Waals surface area contributed by atoms with Gasteiger partial charge in [0.15, 0.2) is 11.5 Å². The van der Waals surface area contributed by atoms with E-state index >= 15 is 0 Å². The number of rotatable bonds is 9. The van der Waals surface area contributed by atoms with E-state index in [1.54, 1.807) is 24.3 Å². The van der Waals surface area contributed by atoms with Crippen LogP contribution in [-0.2, 0) is 17.8 Å². The maximum Gasteiger partial charge on any atom is 0.247 e. The fourth-order valence-corrected chi connectivity index (χ4v) is 3.68. The fourth-order valence-electron chi connectivity index (χ4n) is 2.50. The molecule has 162 valence electrons. The number of nitrogens with zero attached hydrogens (tertiary/aromatic N) is 3. The number of carbonyl (C=O) groups is 1. The van der Waals surface area contributed by atoms with Crippen molar-refractivity contribution in [1.29, 1.82) is 0 Å². The number of benzene rings is 2. The quantitative estimate of drug-likeness (QED) is 0.337. The molecule has 0 radical (unpaired) electrons. The first-order chi connectivity index (χ1) is 14.9. The molecule has 2 aromatic carbocycles. The average molecular weight is 508 g/mol. The number of nitrogen functional groups attached to an aromatic ring is 1. The molecule has 0 fully saturated rings. The molecule has 31 heavy (non-hydrogen) atoms. The van der Waals surface area contributed by atoms with Crippen LogP contribution < -0.4 is 20.6 Å². The van der Waals surface area contributed by atoms with Crippen LogP contribution in [0.15, 0.2) is 46.0 Å². The van der Waals surface area contributed by atoms with Crippen molar-refractivity contribution in [3.05, 3.63) is 62.8 Å². The molecule has 0 aliphatic rings. The minimum atomic E-state index is -0.337. The van der Waals surface area contributed by atoms with Crippen molar-refractivity contribution in [3.8, 4) is 11.5 Å². The summed E-state index contributed by atoms with van der Waals surface area (Å²) in [5, 5.41) is 12.2. The van der Waals surface area contributed by atoms with E-state index in [-0.39, 0.29) is 24.8 Å². The molecular weight excluding hydrogens is 489 g/mol. The number of anilines is 1. The first-order valence-electron chi connectivity index (χ1n) is 9.18. The number of amides is 1. The standard InChI is InChI=1S/C20H19BrFN5O3S/c1-2-29-16-8-13(10-24-25-17(28)9-18-26-27-20(23)31-18)7-15(21)19(16)30-11-12-3-5-14(22)6-4-12/h3-8,10H,2,9,11H2,1H3,(H2,23,27)(H,25,28)/b24-10+. The van der Waals surface area contributed by atoms with E-state index in [1.807, 2.05) is 6.92 Å². The highest BCUT2D eigenvalue weighted by molar-refractivity contribution is 9.10. The van der Waals surface area contributed by atoms with Gasteiger partial charge in [0, 0.05) is 0 Å². The number of hydrogen-bond donors (Lipinski definition) is 2. The summed E-state index contributed by atoms with van der Waals surface area (Å²) in [5.74, 6) is 0.385. The third-order valence-electron chi connectivity index (χ3n) is 3.83. The number of hydrazone groups is 1. The summed E-state index contributed by atoms with van der Waals surface area (Å²) < 4.78 is 25.3. The Bertz CT molecular complexity index is 1080. The molecule has 3 N–H and O–H groups in total. The van der Waals surface area contributed by atoms with Gasteiger partial charge in [0.1, 0.15) is 17.4 Å². The van der Waals surface area contributed by atoms with Gasteiger partial charge in [-0.25, -0.2) is 9.82 Å². The van der Waals surface area contributed by atoms with E-state index in [0.29, 0.717) is 38.3 Å². The van der Waals surface area contributed by atoms with Gasteiger partial charge in [-0.3, -0.25) is 4.79 Å². The Balaban J connectivity index is 1.66. The lowest BCUT2D eigenvalue weighted by Gasteiger charge is -2.14. The van der Waals surface area contributed by atoms with Gasteiger partial charge >= 0.3 is 0 Å². The van der Waals surface area contributed by atoms with Crippen molar-refractivity contribution in [3.63, 3.8) is 0 Å². The molecule has 0 saturated carbocycles. The molecule has 0 atom stereocenters. The lowest BCUT2D eigenvalue weighted by Crippen LogP contribution is -2.19. The third kappa shape index (κ3) is 6.72. The smallest absolute Gasteiger partial charge is 0.247 e. The predicted octanol–water partition coefficient (Wildman–Crippen LogP) is 3.69. The Morgan fingerprint density at radius 3 is 2.74 bits per heavy atom. The lowest BCUT2D eigenvalue weighted by molar-refractivity contribution is -0.120. The van der Waals surface area contributed by atoms with Gasteiger partial charge in [0.2, 0.25) is 11.0 Å². The zero-order valence-corrected chi connectivity index (χ0v) is 18.9. The van der Waals surface area contributed by atoms with Crippen LogP contribution in [-0.4, -0.2) is 28.9 Å². The van der Waals surface area contributed by atoms with Crippen molar-refractivity contribution < 1.29 is 18.7 Å². The second-order valence-electron chi connectivity index (χ2n) is 6.18. The van der Waals surface area contributed by atoms with Gasteiger partial charge in [-0.1, -0.05) is 23.5 Å². The largest absolute Gasteiger partial charge is 0.490 e. The Hall–Kier alpha value is -3.05. The van der Waals surface area contributed by atoms with Gasteiger partial charge in [-0.2, -0.15) is 5.10 Å². The molecule has 0 unspecified atom stereocenters. The van der Waals surface area contributed by atoms with Gasteiger partial charge < -0.3 is 15.2 Å². The molecule has 3 rings (SSSR count). The summed E-state index contributed by atoms with van der Waals surface area (Å²) in [5.41, 5.74) is 9.44. The zero-order valence-electron chi connectivity index (χ0n) is 16.5. The molecule has 0 bridgehead atoms. The van der Waals surface area contributed by atoms with Crippen LogP contribution in [0.4, 0.5) is 9.52 Å². The van der Waals surface area contributed by atoms with Gasteiger partial charge in [0.05, 0.1) is 23.7 Å². The van der Waals surface area contributed by atoms with Crippen LogP contribution in [0.3, 0.4) is 0 Å². The highest BCUT2D eigenvalue weighted by Gasteiger charge is 2.13. The Morgan fingerprint density at radius 2 is 2.06 bits per heavy atom.